The summed E-state index contributed by atoms with van der Waals surface area (Å²) in [7, 11) is 0. The highest BCUT2D eigenvalue weighted by atomic mass is 16.6. The van der Waals surface area contributed by atoms with Crippen molar-refractivity contribution in [2.24, 2.45) is 0 Å². The lowest BCUT2D eigenvalue weighted by Gasteiger charge is -2.08. The fraction of sp³-hybridized carbons (Fsp3) is 0.333. The number of nitro benzene ring substituents is 1. The molecule has 0 heterocycles. The first kappa shape index (κ1) is 13.8. The molecule has 0 bridgehead atoms. The van der Waals surface area contributed by atoms with Crippen LogP contribution < -0.4 is 10.6 Å². The zero-order valence-electron chi connectivity index (χ0n) is 10.5. The van der Waals surface area contributed by atoms with Crippen molar-refractivity contribution in [3.8, 4) is 0 Å². The largest absolute Gasteiger partial charge is 0.478 e. The van der Waals surface area contributed by atoms with Gasteiger partial charge in [-0.25, -0.2) is 4.79 Å². The zero-order chi connectivity index (χ0) is 14.7. The molecule has 0 spiro atoms. The highest BCUT2D eigenvalue weighted by Gasteiger charge is 2.23. The van der Waals surface area contributed by atoms with Gasteiger partial charge in [-0.15, -0.1) is 0 Å². The van der Waals surface area contributed by atoms with E-state index in [0.29, 0.717) is 0 Å². The number of nitrogens with zero attached hydrogens (tertiary/aromatic N) is 1. The fourth-order valence-corrected chi connectivity index (χ4v) is 1.65. The molecule has 1 saturated carbocycles. The number of carboxylic acid groups (broad SMARTS) is 1. The molecular weight excluding hydrogens is 266 g/mol. The smallest absolute Gasteiger partial charge is 0.335 e. The van der Waals surface area contributed by atoms with E-state index in [0.717, 1.165) is 31.0 Å². The Morgan fingerprint density at radius 2 is 2.10 bits per heavy atom. The lowest BCUT2D eigenvalue weighted by Crippen LogP contribution is -2.31. The SMILES string of the molecule is O=C(CNc1cc(C(=O)O)ccc1[N+](=O)[O-])NC1CC1. The number of anilines is 1. The molecule has 0 aromatic heterocycles. The van der Waals surface area contributed by atoms with E-state index < -0.39 is 10.9 Å². The third kappa shape index (κ3) is 3.44. The van der Waals surface area contributed by atoms with Crippen LogP contribution in [-0.2, 0) is 4.79 Å². The molecule has 0 unspecified atom stereocenters. The highest BCUT2D eigenvalue weighted by Crippen LogP contribution is 2.25. The van der Waals surface area contributed by atoms with Crippen molar-refractivity contribution in [3.63, 3.8) is 0 Å². The first-order valence-electron chi connectivity index (χ1n) is 6.02. The molecule has 8 nitrogen and oxygen atoms in total. The van der Waals surface area contributed by atoms with Crippen LogP contribution in [0.2, 0.25) is 0 Å². The number of hydrogen-bond donors (Lipinski definition) is 3. The number of carboxylic acids is 1. The van der Waals surface area contributed by atoms with Gasteiger partial charge < -0.3 is 15.7 Å². The Balaban J connectivity index is 2.10. The summed E-state index contributed by atoms with van der Waals surface area (Å²) in [6.07, 6.45) is 1.89. The van der Waals surface area contributed by atoms with Crippen LogP contribution in [0, 0.1) is 10.1 Å². The van der Waals surface area contributed by atoms with Crippen molar-refractivity contribution in [2.45, 2.75) is 18.9 Å². The second-order valence-corrected chi connectivity index (χ2v) is 4.49. The Labute approximate surface area is 113 Å². The number of amides is 1. The van der Waals surface area contributed by atoms with Gasteiger partial charge in [0.25, 0.3) is 5.69 Å². The number of carbonyl (C=O) groups excluding carboxylic acids is 1. The lowest BCUT2D eigenvalue weighted by molar-refractivity contribution is -0.383. The molecular formula is C12H13N3O5. The normalized spacial score (nSPS) is 13.6. The van der Waals surface area contributed by atoms with Crippen molar-refractivity contribution in [1.82, 2.24) is 5.32 Å². The molecule has 1 aliphatic carbocycles. The van der Waals surface area contributed by atoms with Gasteiger partial charge in [0.05, 0.1) is 17.0 Å². The summed E-state index contributed by atoms with van der Waals surface area (Å²) in [6.45, 7) is -0.138. The van der Waals surface area contributed by atoms with Crippen LogP contribution in [0.25, 0.3) is 0 Å². The van der Waals surface area contributed by atoms with Crippen LogP contribution in [0.4, 0.5) is 11.4 Å². The summed E-state index contributed by atoms with van der Waals surface area (Å²) in [5.74, 6) is -1.46. The minimum absolute atomic E-state index is 0.0147. The molecule has 2 rings (SSSR count). The molecule has 3 N–H and O–H groups in total. The second-order valence-electron chi connectivity index (χ2n) is 4.49. The summed E-state index contributed by atoms with van der Waals surface area (Å²) in [6, 6.07) is 3.59. The summed E-state index contributed by atoms with van der Waals surface area (Å²) in [4.78, 5) is 32.6. The van der Waals surface area contributed by atoms with Gasteiger partial charge in [-0.2, -0.15) is 0 Å². The van der Waals surface area contributed by atoms with E-state index in [9.17, 15) is 19.7 Å². The molecule has 20 heavy (non-hydrogen) atoms. The molecule has 1 aliphatic rings. The van der Waals surface area contributed by atoms with Crippen molar-refractivity contribution in [3.05, 3.63) is 33.9 Å². The molecule has 1 fully saturated rings. The molecule has 0 aliphatic heterocycles. The number of hydrogen-bond acceptors (Lipinski definition) is 5. The zero-order valence-corrected chi connectivity index (χ0v) is 10.5. The quantitative estimate of drug-likeness (QED) is 0.527. The van der Waals surface area contributed by atoms with Gasteiger partial charge in [0, 0.05) is 12.1 Å². The Kier molecular flexibility index (Phi) is 3.83. The maximum Gasteiger partial charge on any atom is 0.335 e. The van der Waals surface area contributed by atoms with Crippen molar-refractivity contribution < 1.29 is 19.6 Å². The average Bonchev–Trinajstić information content (AvgIpc) is 3.19. The molecule has 0 radical (unpaired) electrons. The predicted octanol–water partition coefficient (Wildman–Crippen LogP) is 0.984. The predicted molar refractivity (Wildman–Crippen MR) is 69.7 cm³/mol. The van der Waals surface area contributed by atoms with E-state index in [4.69, 9.17) is 5.11 Å². The van der Waals surface area contributed by atoms with Gasteiger partial charge in [0.15, 0.2) is 0 Å². The molecule has 8 heteroatoms. The number of benzene rings is 1. The van der Waals surface area contributed by atoms with Crippen LogP contribution in [0.3, 0.4) is 0 Å². The van der Waals surface area contributed by atoms with Crippen LogP contribution in [-0.4, -0.2) is 34.5 Å². The summed E-state index contributed by atoms with van der Waals surface area (Å²) in [5, 5.41) is 25.0. The number of nitro groups is 1. The van der Waals surface area contributed by atoms with Gasteiger partial charge in [-0.05, 0) is 25.0 Å². The molecule has 0 saturated heterocycles. The van der Waals surface area contributed by atoms with E-state index >= 15 is 0 Å². The van der Waals surface area contributed by atoms with Gasteiger partial charge in [0.1, 0.15) is 5.69 Å². The number of aromatic carboxylic acids is 1. The third-order valence-electron chi connectivity index (χ3n) is 2.82. The summed E-state index contributed by atoms with van der Waals surface area (Å²) < 4.78 is 0. The maximum atomic E-state index is 11.5. The Bertz CT molecular complexity index is 568. The molecule has 0 atom stereocenters. The van der Waals surface area contributed by atoms with Crippen LogP contribution in [0.15, 0.2) is 18.2 Å². The van der Waals surface area contributed by atoms with E-state index in [2.05, 4.69) is 10.6 Å². The first-order valence-corrected chi connectivity index (χ1v) is 6.02. The fourth-order valence-electron chi connectivity index (χ4n) is 1.65. The van der Waals surface area contributed by atoms with E-state index in [1.165, 1.54) is 0 Å². The van der Waals surface area contributed by atoms with Crippen LogP contribution in [0.5, 0.6) is 0 Å². The van der Waals surface area contributed by atoms with Crippen LogP contribution in [0.1, 0.15) is 23.2 Å². The monoisotopic (exact) mass is 279 g/mol. The average molecular weight is 279 g/mol. The standard InChI is InChI=1S/C12H13N3O5/c16-11(14-8-2-3-8)6-13-9-5-7(12(17)18)1-4-10(9)15(19)20/h1,4-5,8,13H,2-3,6H2,(H,14,16)(H,17,18). The van der Waals surface area contributed by atoms with Crippen LogP contribution >= 0.6 is 0 Å². The number of carbonyl (C=O) groups is 2. The minimum atomic E-state index is -1.19. The summed E-state index contributed by atoms with van der Waals surface area (Å²) in [5.41, 5.74) is -0.337. The Hall–Kier alpha value is -2.64. The molecule has 1 aromatic carbocycles. The minimum Gasteiger partial charge on any atom is -0.478 e. The van der Waals surface area contributed by atoms with Crippen molar-refractivity contribution in [2.75, 3.05) is 11.9 Å². The van der Waals surface area contributed by atoms with Crippen molar-refractivity contribution >= 4 is 23.3 Å². The highest BCUT2D eigenvalue weighted by molar-refractivity contribution is 5.90. The third-order valence-corrected chi connectivity index (χ3v) is 2.82. The van der Waals surface area contributed by atoms with E-state index in [-0.39, 0.29) is 35.4 Å². The van der Waals surface area contributed by atoms with E-state index in [1.54, 1.807) is 0 Å². The first-order chi connectivity index (χ1) is 9.47. The lowest BCUT2D eigenvalue weighted by atomic mass is 10.1. The molecule has 1 aromatic rings. The van der Waals surface area contributed by atoms with E-state index in [1.807, 2.05) is 0 Å². The van der Waals surface area contributed by atoms with Gasteiger partial charge in [-0.3, -0.25) is 14.9 Å². The second kappa shape index (κ2) is 5.55. The maximum absolute atomic E-state index is 11.5. The molecule has 106 valence electrons. The number of rotatable bonds is 6. The summed E-state index contributed by atoms with van der Waals surface area (Å²) >= 11 is 0. The van der Waals surface area contributed by atoms with Gasteiger partial charge in [0.2, 0.25) is 5.91 Å². The molecule has 1 amide bonds. The Morgan fingerprint density at radius 1 is 1.40 bits per heavy atom. The number of nitrogens with one attached hydrogen (secondary N) is 2. The van der Waals surface area contributed by atoms with Crippen molar-refractivity contribution in [1.29, 1.82) is 0 Å². The van der Waals surface area contributed by atoms with Gasteiger partial charge >= 0.3 is 5.97 Å². The Morgan fingerprint density at radius 3 is 2.65 bits per heavy atom. The van der Waals surface area contributed by atoms with Gasteiger partial charge in [-0.1, -0.05) is 0 Å². The topological polar surface area (TPSA) is 122 Å².